The van der Waals surface area contributed by atoms with Gasteiger partial charge in [-0.1, -0.05) is 17.7 Å². The number of nitriles is 1. The lowest BCUT2D eigenvalue weighted by molar-refractivity contribution is 0.00769. The van der Waals surface area contributed by atoms with Gasteiger partial charge in [0.15, 0.2) is 11.6 Å². The number of fused-ring (bicyclic) bond motifs is 2. The summed E-state index contributed by atoms with van der Waals surface area (Å²) in [5, 5.41) is 9.95. The smallest absolute Gasteiger partial charge is 0.319 e. The molecule has 1 aliphatic carbocycles. The van der Waals surface area contributed by atoms with Gasteiger partial charge < -0.3 is 20.1 Å². The molecule has 1 unspecified atom stereocenters. The van der Waals surface area contributed by atoms with Crippen molar-refractivity contribution in [3.8, 4) is 29.0 Å². The quantitative estimate of drug-likeness (QED) is 0.219. The second-order valence-corrected chi connectivity index (χ2v) is 14.2. The SMILES string of the molecule is N#Cc1c(N)sc2c(F)ccc(-c3c(Cl)c4c5c(nc(OC[C@@]67CCCN6C[C@H](F)C7)nc5c3F)N(C3CCC(F)(F)C3)CCO4)c12. The Morgan fingerprint density at radius 1 is 1.17 bits per heavy atom. The van der Waals surface area contributed by atoms with Crippen molar-refractivity contribution in [2.24, 2.45) is 0 Å². The lowest BCUT2D eigenvalue weighted by Crippen LogP contribution is -2.43. The van der Waals surface area contributed by atoms with Gasteiger partial charge in [0.1, 0.15) is 47.6 Å². The van der Waals surface area contributed by atoms with Crippen LogP contribution in [0.15, 0.2) is 12.1 Å². The van der Waals surface area contributed by atoms with Crippen LogP contribution in [0.5, 0.6) is 11.8 Å². The van der Waals surface area contributed by atoms with Gasteiger partial charge in [0.25, 0.3) is 0 Å². The highest BCUT2D eigenvalue weighted by atomic mass is 35.5. The van der Waals surface area contributed by atoms with Crippen molar-refractivity contribution in [1.29, 1.82) is 5.26 Å². The van der Waals surface area contributed by atoms with Gasteiger partial charge in [0, 0.05) is 42.8 Å². The van der Waals surface area contributed by atoms with E-state index in [1.807, 2.05) is 6.07 Å². The van der Waals surface area contributed by atoms with Crippen LogP contribution in [0.25, 0.3) is 32.1 Å². The molecule has 0 bridgehead atoms. The Hall–Kier alpha value is -3.67. The van der Waals surface area contributed by atoms with Gasteiger partial charge in [-0.25, -0.2) is 22.0 Å². The molecule has 2 aromatic heterocycles. The third-order valence-electron chi connectivity index (χ3n) is 10.0. The minimum absolute atomic E-state index is 0.0121. The molecule has 2 N–H and O–H groups in total. The number of nitrogens with two attached hydrogens (primary N) is 1. The first-order valence-electron chi connectivity index (χ1n) is 15.4. The second kappa shape index (κ2) is 10.9. The Balaban J connectivity index is 1.34. The lowest BCUT2D eigenvalue weighted by atomic mass is 9.95. The summed E-state index contributed by atoms with van der Waals surface area (Å²) in [5.74, 6) is -4.26. The maximum Gasteiger partial charge on any atom is 0.319 e. The highest BCUT2D eigenvalue weighted by molar-refractivity contribution is 7.23. The van der Waals surface area contributed by atoms with E-state index in [4.69, 9.17) is 26.8 Å². The topological polar surface area (TPSA) is 101 Å². The van der Waals surface area contributed by atoms with E-state index in [0.717, 1.165) is 36.8 Å². The summed E-state index contributed by atoms with van der Waals surface area (Å²) in [6, 6.07) is 3.62. The Bertz CT molecular complexity index is 2010. The summed E-state index contributed by atoms with van der Waals surface area (Å²) >= 11 is 7.79. The fourth-order valence-electron chi connectivity index (χ4n) is 7.94. The van der Waals surface area contributed by atoms with E-state index in [9.17, 15) is 22.8 Å². The van der Waals surface area contributed by atoms with E-state index in [0.29, 0.717) is 6.54 Å². The number of ether oxygens (including phenoxy) is 2. The molecule has 3 atom stereocenters. The van der Waals surface area contributed by atoms with Crippen molar-refractivity contribution >= 4 is 54.7 Å². The van der Waals surface area contributed by atoms with Crippen molar-refractivity contribution in [1.82, 2.24) is 14.9 Å². The average molecular weight is 691 g/mol. The predicted molar refractivity (Wildman–Crippen MR) is 168 cm³/mol. The second-order valence-electron chi connectivity index (χ2n) is 12.8. The van der Waals surface area contributed by atoms with E-state index < -0.39 is 41.7 Å². The molecule has 8 nitrogen and oxygen atoms in total. The zero-order chi connectivity index (χ0) is 32.8. The Kier molecular flexibility index (Phi) is 7.13. The van der Waals surface area contributed by atoms with Crippen molar-refractivity contribution < 1.29 is 31.4 Å². The number of nitrogens with zero attached hydrogens (tertiary/aromatic N) is 5. The zero-order valence-electron chi connectivity index (χ0n) is 24.9. The van der Waals surface area contributed by atoms with Crippen LogP contribution in [0.3, 0.4) is 0 Å². The van der Waals surface area contributed by atoms with E-state index in [1.165, 1.54) is 6.07 Å². The molecule has 1 saturated carbocycles. The molecule has 4 aliphatic rings. The summed E-state index contributed by atoms with van der Waals surface area (Å²) in [6.07, 6.45) is 0.339. The van der Waals surface area contributed by atoms with Gasteiger partial charge in [-0.2, -0.15) is 15.2 Å². The number of nitrogen functional groups attached to an aromatic ring is 1. The van der Waals surface area contributed by atoms with Crippen LogP contribution < -0.4 is 20.1 Å². The van der Waals surface area contributed by atoms with Crippen LogP contribution >= 0.6 is 22.9 Å². The maximum atomic E-state index is 17.1. The van der Waals surface area contributed by atoms with E-state index in [1.54, 1.807) is 4.90 Å². The summed E-state index contributed by atoms with van der Waals surface area (Å²) in [4.78, 5) is 12.9. The van der Waals surface area contributed by atoms with Crippen molar-refractivity contribution in [2.45, 2.75) is 62.2 Å². The predicted octanol–water partition coefficient (Wildman–Crippen LogP) is 7.24. The fourth-order valence-corrected chi connectivity index (χ4v) is 9.22. The first kappa shape index (κ1) is 30.7. The Morgan fingerprint density at radius 2 is 2.00 bits per heavy atom. The molecular weight excluding hydrogens is 663 g/mol. The van der Waals surface area contributed by atoms with Gasteiger partial charge in [0.2, 0.25) is 5.92 Å². The van der Waals surface area contributed by atoms with Gasteiger partial charge in [0.05, 0.1) is 32.8 Å². The molecule has 15 heteroatoms. The number of aromatic nitrogens is 2. The number of rotatable bonds is 5. The van der Waals surface area contributed by atoms with Gasteiger partial charge in [-0.15, -0.1) is 11.3 Å². The molecule has 246 valence electrons. The third-order valence-corrected chi connectivity index (χ3v) is 11.4. The molecule has 4 aromatic rings. The molecule has 3 fully saturated rings. The minimum atomic E-state index is -2.87. The number of hydrogen-bond donors (Lipinski definition) is 1. The third kappa shape index (κ3) is 4.76. The lowest BCUT2D eigenvalue weighted by Gasteiger charge is -2.31. The highest BCUT2D eigenvalue weighted by Gasteiger charge is 2.50. The molecule has 0 radical (unpaired) electrons. The fraction of sp³-hybridized carbons (Fsp3) is 0.469. The number of hydrogen-bond acceptors (Lipinski definition) is 9. The van der Waals surface area contributed by atoms with Crippen LogP contribution in [0.4, 0.5) is 32.8 Å². The maximum absolute atomic E-state index is 17.1. The van der Waals surface area contributed by atoms with E-state index >= 15 is 4.39 Å². The van der Waals surface area contributed by atoms with Crippen molar-refractivity contribution in [3.63, 3.8) is 0 Å². The van der Waals surface area contributed by atoms with Gasteiger partial charge in [-0.3, -0.25) is 4.90 Å². The molecule has 0 spiro atoms. The number of alkyl halides is 3. The Morgan fingerprint density at radius 3 is 2.77 bits per heavy atom. The molecule has 47 heavy (non-hydrogen) atoms. The van der Waals surface area contributed by atoms with Crippen LogP contribution in [0.2, 0.25) is 5.02 Å². The van der Waals surface area contributed by atoms with E-state index in [-0.39, 0.29) is 104 Å². The number of halogens is 6. The molecule has 2 saturated heterocycles. The first-order chi connectivity index (χ1) is 22.5. The highest BCUT2D eigenvalue weighted by Crippen LogP contribution is 2.52. The zero-order valence-corrected chi connectivity index (χ0v) is 26.5. The molecule has 2 aromatic carbocycles. The van der Waals surface area contributed by atoms with Crippen LogP contribution in [0, 0.1) is 23.0 Å². The standard InChI is InChI=1S/C32H28ClF5N6O2S/c33-23-21(17-2-3-19(35)27-20(17)18(12-39)28(40)47-27)24(36)25-22-26(23)45-9-8-44(16-4-6-32(37,38)11-16)29(22)42-30(41-25)46-14-31-5-1-7-43(31)13-15(34)10-31/h2-3,15-16H,1,4-11,13-14,40H2/t15-,16?,31+/m1/s1. The number of thiophene rings is 1. The summed E-state index contributed by atoms with van der Waals surface area (Å²) in [6.45, 7) is 1.26. The van der Waals surface area contributed by atoms with Crippen LogP contribution in [-0.4, -0.2) is 71.4 Å². The van der Waals surface area contributed by atoms with Crippen LogP contribution in [-0.2, 0) is 0 Å². The van der Waals surface area contributed by atoms with Crippen molar-refractivity contribution in [2.75, 3.05) is 43.5 Å². The monoisotopic (exact) mass is 690 g/mol. The normalized spacial score (nSPS) is 25.3. The molecular formula is C32H28ClF5N6O2S. The van der Waals surface area contributed by atoms with Gasteiger partial charge >= 0.3 is 6.01 Å². The average Bonchev–Trinajstić information content (AvgIpc) is 3.73. The molecule has 5 heterocycles. The van der Waals surface area contributed by atoms with E-state index in [2.05, 4.69) is 14.9 Å². The summed E-state index contributed by atoms with van der Waals surface area (Å²) in [7, 11) is 0. The Labute approximate surface area is 274 Å². The molecule has 8 rings (SSSR count). The van der Waals surface area contributed by atoms with Gasteiger partial charge in [-0.05, 0) is 37.4 Å². The summed E-state index contributed by atoms with van der Waals surface area (Å²) in [5.41, 5.74) is 5.14. The largest absolute Gasteiger partial charge is 0.489 e. The first-order valence-corrected chi connectivity index (χ1v) is 16.6. The number of benzene rings is 2. The van der Waals surface area contributed by atoms with Crippen LogP contribution in [0.1, 0.15) is 44.1 Å². The minimum Gasteiger partial charge on any atom is -0.489 e. The summed E-state index contributed by atoms with van der Waals surface area (Å²) < 4.78 is 87.7. The number of anilines is 2. The van der Waals surface area contributed by atoms with Crippen molar-refractivity contribution in [3.05, 3.63) is 34.4 Å². The molecule has 3 aliphatic heterocycles. The molecule has 0 amide bonds.